The van der Waals surface area contributed by atoms with E-state index in [0.29, 0.717) is 18.4 Å². The summed E-state index contributed by atoms with van der Waals surface area (Å²) >= 11 is 6.17. The monoisotopic (exact) mass is 391 g/mol. The highest BCUT2D eigenvalue weighted by molar-refractivity contribution is 6.28. The van der Waals surface area contributed by atoms with E-state index in [1.807, 2.05) is 29.1 Å². The molecule has 1 N–H and O–H groups in total. The SMILES string of the molecule is CCC(C)n1cnc2c(NCc3ccc(-c4ccccc4)cc3)nc(Cl)nc21. The maximum absolute atomic E-state index is 6.17. The van der Waals surface area contributed by atoms with Crippen molar-refractivity contribution in [3.05, 3.63) is 71.8 Å². The molecule has 142 valence electrons. The third kappa shape index (κ3) is 3.71. The lowest BCUT2D eigenvalue weighted by Crippen LogP contribution is -2.06. The minimum absolute atomic E-state index is 0.222. The Bertz CT molecular complexity index is 1070. The second-order valence-electron chi connectivity index (χ2n) is 6.84. The van der Waals surface area contributed by atoms with Gasteiger partial charge in [-0.15, -0.1) is 0 Å². The molecule has 1 atom stereocenters. The predicted molar refractivity (Wildman–Crippen MR) is 115 cm³/mol. The van der Waals surface area contributed by atoms with Crippen LogP contribution in [-0.4, -0.2) is 19.5 Å². The summed E-state index contributed by atoms with van der Waals surface area (Å²) in [7, 11) is 0. The topological polar surface area (TPSA) is 55.6 Å². The van der Waals surface area contributed by atoms with E-state index in [1.165, 1.54) is 11.1 Å². The molecule has 0 bridgehead atoms. The first-order valence-electron chi connectivity index (χ1n) is 9.44. The first-order valence-corrected chi connectivity index (χ1v) is 9.82. The Morgan fingerprint density at radius 3 is 2.43 bits per heavy atom. The van der Waals surface area contributed by atoms with Gasteiger partial charge in [0.15, 0.2) is 17.0 Å². The summed E-state index contributed by atoms with van der Waals surface area (Å²) in [6, 6.07) is 19.1. The van der Waals surface area contributed by atoms with Crippen LogP contribution in [0.3, 0.4) is 0 Å². The van der Waals surface area contributed by atoms with Crippen LogP contribution in [0.5, 0.6) is 0 Å². The predicted octanol–water partition coefficient (Wildman–Crippen LogP) is 5.73. The van der Waals surface area contributed by atoms with Gasteiger partial charge < -0.3 is 9.88 Å². The van der Waals surface area contributed by atoms with Crippen molar-refractivity contribution >= 4 is 28.6 Å². The van der Waals surface area contributed by atoms with Crippen LogP contribution in [0.2, 0.25) is 5.28 Å². The molecule has 5 nitrogen and oxygen atoms in total. The molecule has 0 radical (unpaired) electrons. The zero-order chi connectivity index (χ0) is 19.5. The molecule has 4 rings (SSSR count). The summed E-state index contributed by atoms with van der Waals surface area (Å²) in [4.78, 5) is 13.2. The minimum atomic E-state index is 0.222. The second-order valence-corrected chi connectivity index (χ2v) is 7.18. The Hall–Kier alpha value is -2.92. The Morgan fingerprint density at radius 2 is 1.71 bits per heavy atom. The van der Waals surface area contributed by atoms with E-state index in [9.17, 15) is 0 Å². The number of hydrogen-bond acceptors (Lipinski definition) is 4. The van der Waals surface area contributed by atoms with Crippen LogP contribution in [0, 0.1) is 0 Å². The van der Waals surface area contributed by atoms with Gasteiger partial charge in [-0.2, -0.15) is 9.97 Å². The zero-order valence-electron chi connectivity index (χ0n) is 15.9. The van der Waals surface area contributed by atoms with Crippen molar-refractivity contribution in [3.8, 4) is 11.1 Å². The van der Waals surface area contributed by atoms with Crippen molar-refractivity contribution in [2.24, 2.45) is 0 Å². The van der Waals surface area contributed by atoms with Gasteiger partial charge in [-0.3, -0.25) is 0 Å². The Labute approximate surface area is 169 Å². The summed E-state index contributed by atoms with van der Waals surface area (Å²) in [5.74, 6) is 0.657. The number of aromatic nitrogens is 4. The third-order valence-electron chi connectivity index (χ3n) is 4.98. The van der Waals surface area contributed by atoms with E-state index in [-0.39, 0.29) is 5.28 Å². The van der Waals surface area contributed by atoms with Crippen molar-refractivity contribution < 1.29 is 0 Å². The first-order chi connectivity index (χ1) is 13.7. The fourth-order valence-corrected chi connectivity index (χ4v) is 3.33. The summed E-state index contributed by atoms with van der Waals surface area (Å²) < 4.78 is 2.04. The van der Waals surface area contributed by atoms with E-state index in [0.717, 1.165) is 23.1 Å². The Kier molecular flexibility index (Phi) is 5.26. The molecule has 6 heteroatoms. The van der Waals surface area contributed by atoms with Crippen molar-refractivity contribution in [3.63, 3.8) is 0 Å². The molecule has 0 fully saturated rings. The van der Waals surface area contributed by atoms with Gasteiger partial charge in [0, 0.05) is 12.6 Å². The number of rotatable bonds is 6. The summed E-state index contributed by atoms with van der Waals surface area (Å²) in [5, 5.41) is 3.58. The molecule has 0 aliphatic heterocycles. The van der Waals surface area contributed by atoms with Gasteiger partial charge in [-0.05, 0) is 41.6 Å². The molecule has 2 aromatic carbocycles. The lowest BCUT2D eigenvalue weighted by molar-refractivity contribution is 0.541. The van der Waals surface area contributed by atoms with Crippen molar-refractivity contribution in [2.75, 3.05) is 5.32 Å². The molecule has 0 spiro atoms. The molecular formula is C22H22ClN5. The number of imidazole rings is 1. The highest BCUT2D eigenvalue weighted by Crippen LogP contribution is 2.25. The fourth-order valence-electron chi connectivity index (χ4n) is 3.16. The average molecular weight is 392 g/mol. The van der Waals surface area contributed by atoms with Crippen molar-refractivity contribution in [1.82, 2.24) is 19.5 Å². The largest absolute Gasteiger partial charge is 0.364 e. The number of nitrogens with zero attached hydrogens (tertiary/aromatic N) is 4. The fraction of sp³-hybridized carbons (Fsp3) is 0.227. The van der Waals surface area contributed by atoms with E-state index in [4.69, 9.17) is 11.6 Å². The molecule has 0 amide bonds. The Morgan fingerprint density at radius 1 is 1.00 bits per heavy atom. The summed E-state index contributed by atoms with van der Waals surface area (Å²) in [5.41, 5.74) is 5.07. The van der Waals surface area contributed by atoms with Gasteiger partial charge >= 0.3 is 0 Å². The standard InChI is InChI=1S/C22H22ClN5/c1-3-15(2)28-14-25-19-20(26-22(23)27-21(19)28)24-13-16-9-11-18(12-10-16)17-7-5-4-6-8-17/h4-12,14-15H,3,13H2,1-2H3,(H,24,26,27). The highest BCUT2D eigenvalue weighted by atomic mass is 35.5. The molecule has 1 unspecified atom stereocenters. The quantitative estimate of drug-likeness (QED) is 0.426. The van der Waals surface area contributed by atoms with Gasteiger partial charge in [0.2, 0.25) is 5.28 Å². The van der Waals surface area contributed by atoms with Crippen LogP contribution < -0.4 is 5.32 Å². The van der Waals surface area contributed by atoms with Crippen LogP contribution in [0.1, 0.15) is 31.9 Å². The molecule has 0 aliphatic rings. The van der Waals surface area contributed by atoms with E-state index in [2.05, 4.69) is 70.5 Å². The van der Waals surface area contributed by atoms with Crippen molar-refractivity contribution in [2.45, 2.75) is 32.9 Å². The molecule has 0 aliphatic carbocycles. The number of anilines is 1. The number of halogens is 1. The van der Waals surface area contributed by atoms with Gasteiger partial charge in [0.05, 0.1) is 6.33 Å². The lowest BCUT2D eigenvalue weighted by atomic mass is 10.0. The average Bonchev–Trinajstić information content (AvgIpc) is 3.16. The lowest BCUT2D eigenvalue weighted by Gasteiger charge is -2.12. The summed E-state index contributed by atoms with van der Waals surface area (Å²) in [6.45, 7) is 4.91. The second kappa shape index (κ2) is 7.98. The zero-order valence-corrected chi connectivity index (χ0v) is 16.7. The normalized spacial score (nSPS) is 12.2. The van der Waals surface area contributed by atoms with Gasteiger partial charge in [0.25, 0.3) is 0 Å². The third-order valence-corrected chi connectivity index (χ3v) is 5.15. The number of hydrogen-bond donors (Lipinski definition) is 1. The maximum atomic E-state index is 6.17. The van der Waals surface area contributed by atoms with Gasteiger partial charge in [-0.25, -0.2) is 4.98 Å². The molecular weight excluding hydrogens is 370 g/mol. The first kappa shape index (κ1) is 18.4. The number of nitrogens with one attached hydrogen (secondary N) is 1. The summed E-state index contributed by atoms with van der Waals surface area (Å²) in [6.07, 6.45) is 2.80. The number of fused-ring (bicyclic) bond motifs is 1. The molecule has 2 heterocycles. The molecule has 28 heavy (non-hydrogen) atoms. The molecule has 0 saturated heterocycles. The van der Waals surface area contributed by atoms with Crippen LogP contribution in [0.15, 0.2) is 60.9 Å². The molecule has 0 saturated carbocycles. The maximum Gasteiger partial charge on any atom is 0.226 e. The highest BCUT2D eigenvalue weighted by Gasteiger charge is 2.15. The van der Waals surface area contributed by atoms with Crippen LogP contribution in [0.4, 0.5) is 5.82 Å². The van der Waals surface area contributed by atoms with Crippen LogP contribution in [-0.2, 0) is 6.54 Å². The van der Waals surface area contributed by atoms with E-state index >= 15 is 0 Å². The van der Waals surface area contributed by atoms with Gasteiger partial charge in [0.1, 0.15) is 0 Å². The van der Waals surface area contributed by atoms with Gasteiger partial charge in [-0.1, -0.05) is 61.5 Å². The smallest absolute Gasteiger partial charge is 0.226 e. The van der Waals surface area contributed by atoms with Crippen LogP contribution in [0.25, 0.3) is 22.3 Å². The molecule has 4 aromatic rings. The van der Waals surface area contributed by atoms with E-state index in [1.54, 1.807) is 0 Å². The van der Waals surface area contributed by atoms with Crippen LogP contribution >= 0.6 is 11.6 Å². The van der Waals surface area contributed by atoms with E-state index < -0.39 is 0 Å². The Balaban J connectivity index is 1.55. The number of benzene rings is 2. The molecule has 2 aromatic heterocycles. The van der Waals surface area contributed by atoms with Crippen molar-refractivity contribution in [1.29, 1.82) is 0 Å². The minimum Gasteiger partial charge on any atom is -0.364 e.